The zero-order valence-electron chi connectivity index (χ0n) is 15.9. The summed E-state index contributed by atoms with van der Waals surface area (Å²) in [5.74, 6) is -0.977. The summed E-state index contributed by atoms with van der Waals surface area (Å²) in [5, 5.41) is 0. The van der Waals surface area contributed by atoms with E-state index in [-0.39, 0.29) is 0 Å². The first kappa shape index (κ1) is 17.5. The molecule has 9 heteroatoms. The molecule has 0 radical (unpaired) electrons. The molecule has 7 nitrogen and oxygen atoms in total. The Morgan fingerprint density at radius 1 is 0.613 bits per heavy atom. The molecule has 0 spiro atoms. The van der Waals surface area contributed by atoms with Gasteiger partial charge in [0.1, 0.15) is 22.7 Å². The van der Waals surface area contributed by atoms with Gasteiger partial charge in [-0.2, -0.15) is 0 Å². The molecule has 0 N–H and O–H groups in total. The summed E-state index contributed by atoms with van der Waals surface area (Å²) in [6.07, 6.45) is 12.7. The summed E-state index contributed by atoms with van der Waals surface area (Å²) in [6, 6.07) is 8.55. The highest BCUT2D eigenvalue weighted by atomic mass is 19.1. The van der Waals surface area contributed by atoms with Crippen LogP contribution in [0.15, 0.2) is 80.2 Å². The number of hydrogen-bond acceptors (Lipinski definition) is 4. The number of pyridine rings is 2. The molecule has 31 heavy (non-hydrogen) atoms. The predicted molar refractivity (Wildman–Crippen MR) is 111 cm³/mol. The SMILES string of the molecule is Fc1cnc2c3ncc(F)cc3n(-c3cc(-n4ccnc4)cc(-n4ccnc4)c3)c2c1. The second-order valence-corrected chi connectivity index (χ2v) is 7.03. The number of fused-ring (bicyclic) bond motifs is 3. The van der Waals surface area contributed by atoms with Crippen LogP contribution in [0.3, 0.4) is 0 Å². The first-order chi connectivity index (χ1) is 15.2. The van der Waals surface area contributed by atoms with Crippen LogP contribution in [0, 0.1) is 11.6 Å². The maximum atomic E-state index is 14.2. The third-order valence-electron chi connectivity index (χ3n) is 5.13. The van der Waals surface area contributed by atoms with Crippen LogP contribution in [-0.4, -0.2) is 33.6 Å². The zero-order chi connectivity index (χ0) is 20.9. The standard InChI is InChI=1S/C22H13F2N7/c23-14-5-19-21(27-10-14)22-20(6-15(24)11-28-22)31(19)18-8-16(29-3-1-25-12-29)7-17(9-18)30-4-2-26-13-30/h1-13H. The van der Waals surface area contributed by atoms with Crippen LogP contribution >= 0.6 is 0 Å². The van der Waals surface area contributed by atoms with Gasteiger partial charge in [0, 0.05) is 36.9 Å². The Kier molecular flexibility index (Phi) is 3.69. The Morgan fingerprint density at radius 3 is 1.55 bits per heavy atom. The van der Waals surface area contributed by atoms with Crippen molar-refractivity contribution in [3.63, 3.8) is 0 Å². The van der Waals surface area contributed by atoms with Gasteiger partial charge in [-0.1, -0.05) is 0 Å². The van der Waals surface area contributed by atoms with Crippen LogP contribution in [0.5, 0.6) is 0 Å². The molecule has 5 aromatic heterocycles. The first-order valence-electron chi connectivity index (χ1n) is 9.41. The molecule has 0 atom stereocenters. The van der Waals surface area contributed by atoms with Gasteiger partial charge in [-0.15, -0.1) is 0 Å². The minimum Gasteiger partial charge on any atom is -0.306 e. The van der Waals surface area contributed by atoms with Gasteiger partial charge in [0.25, 0.3) is 0 Å². The van der Waals surface area contributed by atoms with E-state index in [1.54, 1.807) is 29.6 Å². The molecule has 150 valence electrons. The minimum atomic E-state index is -0.488. The normalized spacial score (nSPS) is 11.5. The fraction of sp³-hybridized carbons (Fsp3) is 0. The van der Waals surface area contributed by atoms with E-state index >= 15 is 0 Å². The smallest absolute Gasteiger partial charge is 0.143 e. The summed E-state index contributed by atoms with van der Waals surface area (Å²) in [6.45, 7) is 0. The molecular formula is C22H13F2N7. The van der Waals surface area contributed by atoms with Gasteiger partial charge >= 0.3 is 0 Å². The highest BCUT2D eigenvalue weighted by molar-refractivity contribution is 6.04. The number of imidazole rings is 2. The molecule has 0 amide bonds. The summed E-state index contributed by atoms with van der Waals surface area (Å²) >= 11 is 0. The number of halogens is 2. The van der Waals surface area contributed by atoms with Crippen molar-refractivity contribution in [3.8, 4) is 17.1 Å². The summed E-state index contributed by atoms with van der Waals surface area (Å²) in [7, 11) is 0. The average molecular weight is 413 g/mol. The van der Waals surface area contributed by atoms with Gasteiger partial charge in [-0.25, -0.2) is 28.7 Å². The van der Waals surface area contributed by atoms with E-state index in [1.165, 1.54) is 12.1 Å². The molecular weight excluding hydrogens is 400 g/mol. The lowest BCUT2D eigenvalue weighted by Gasteiger charge is -2.14. The topological polar surface area (TPSA) is 66.3 Å². The molecule has 0 saturated heterocycles. The highest BCUT2D eigenvalue weighted by Gasteiger charge is 2.17. The van der Waals surface area contributed by atoms with Gasteiger partial charge in [-0.3, -0.25) is 0 Å². The Bertz CT molecular complexity index is 1440. The molecule has 5 heterocycles. The quantitative estimate of drug-likeness (QED) is 0.436. The Balaban J connectivity index is 1.73. The molecule has 6 rings (SSSR count). The number of hydrogen-bond donors (Lipinski definition) is 0. The van der Waals surface area contributed by atoms with Crippen LogP contribution < -0.4 is 0 Å². The second-order valence-electron chi connectivity index (χ2n) is 7.03. The second kappa shape index (κ2) is 6.56. The van der Waals surface area contributed by atoms with Crippen molar-refractivity contribution >= 4 is 22.1 Å². The molecule has 0 aliphatic carbocycles. The van der Waals surface area contributed by atoms with Crippen molar-refractivity contribution in [2.24, 2.45) is 0 Å². The third-order valence-corrected chi connectivity index (χ3v) is 5.13. The van der Waals surface area contributed by atoms with E-state index in [2.05, 4.69) is 19.9 Å². The van der Waals surface area contributed by atoms with E-state index in [0.29, 0.717) is 27.8 Å². The Morgan fingerprint density at radius 2 is 1.10 bits per heavy atom. The lowest BCUT2D eigenvalue weighted by atomic mass is 10.2. The van der Waals surface area contributed by atoms with Crippen LogP contribution in [0.4, 0.5) is 8.78 Å². The maximum absolute atomic E-state index is 14.2. The van der Waals surface area contributed by atoms with E-state index < -0.39 is 11.6 Å². The number of aromatic nitrogens is 7. The lowest BCUT2D eigenvalue weighted by Crippen LogP contribution is -2.01. The van der Waals surface area contributed by atoms with Gasteiger partial charge < -0.3 is 13.7 Å². The monoisotopic (exact) mass is 413 g/mol. The van der Waals surface area contributed by atoms with Crippen molar-refractivity contribution in [2.45, 2.75) is 0 Å². The summed E-state index contributed by atoms with van der Waals surface area (Å²) in [4.78, 5) is 16.7. The number of benzene rings is 1. The Hall–Kier alpha value is -4.40. The van der Waals surface area contributed by atoms with Crippen LogP contribution in [-0.2, 0) is 0 Å². The number of nitrogens with zero attached hydrogens (tertiary/aromatic N) is 7. The van der Waals surface area contributed by atoms with Crippen LogP contribution in [0.25, 0.3) is 39.1 Å². The van der Waals surface area contributed by atoms with Crippen LogP contribution in [0.1, 0.15) is 0 Å². The van der Waals surface area contributed by atoms with Gasteiger partial charge in [0.05, 0.1) is 53.1 Å². The zero-order valence-corrected chi connectivity index (χ0v) is 15.9. The third kappa shape index (κ3) is 2.78. The van der Waals surface area contributed by atoms with E-state index in [1.807, 2.05) is 39.7 Å². The van der Waals surface area contributed by atoms with Crippen molar-refractivity contribution in [3.05, 3.63) is 91.8 Å². The first-order valence-corrected chi connectivity index (χ1v) is 9.41. The van der Waals surface area contributed by atoms with E-state index in [0.717, 1.165) is 23.8 Å². The molecule has 1 aromatic carbocycles. The fourth-order valence-corrected chi connectivity index (χ4v) is 3.80. The number of rotatable bonds is 3. The van der Waals surface area contributed by atoms with Gasteiger partial charge in [-0.05, 0) is 18.2 Å². The maximum Gasteiger partial charge on any atom is 0.143 e. The molecule has 0 aliphatic rings. The van der Waals surface area contributed by atoms with Crippen molar-refractivity contribution < 1.29 is 8.78 Å². The molecule has 6 aromatic rings. The highest BCUT2D eigenvalue weighted by Crippen LogP contribution is 2.32. The molecule has 0 fully saturated rings. The van der Waals surface area contributed by atoms with Gasteiger partial charge in [0.15, 0.2) is 0 Å². The lowest BCUT2D eigenvalue weighted by molar-refractivity contribution is 0.623. The van der Waals surface area contributed by atoms with Crippen molar-refractivity contribution in [2.75, 3.05) is 0 Å². The van der Waals surface area contributed by atoms with Crippen molar-refractivity contribution in [1.29, 1.82) is 0 Å². The van der Waals surface area contributed by atoms with Crippen LogP contribution in [0.2, 0.25) is 0 Å². The summed E-state index contributed by atoms with van der Waals surface area (Å²) in [5.41, 5.74) is 4.31. The Labute approximate surface area is 173 Å². The minimum absolute atomic E-state index is 0.488. The largest absolute Gasteiger partial charge is 0.306 e. The molecule has 0 bridgehead atoms. The van der Waals surface area contributed by atoms with E-state index in [9.17, 15) is 8.78 Å². The molecule has 0 saturated carbocycles. The summed E-state index contributed by atoms with van der Waals surface area (Å²) < 4.78 is 33.8. The van der Waals surface area contributed by atoms with Gasteiger partial charge in [0.2, 0.25) is 0 Å². The molecule has 0 aliphatic heterocycles. The predicted octanol–water partition coefficient (Wildman–Crippen LogP) is 4.22. The van der Waals surface area contributed by atoms with E-state index in [4.69, 9.17) is 0 Å². The average Bonchev–Trinajstić information content (AvgIpc) is 3.53. The van der Waals surface area contributed by atoms with Crippen molar-refractivity contribution in [1.82, 2.24) is 33.6 Å². The fourth-order valence-electron chi connectivity index (χ4n) is 3.80. The molecule has 0 unspecified atom stereocenters.